The van der Waals surface area contributed by atoms with Gasteiger partial charge in [-0.05, 0) is 33.5 Å². The summed E-state index contributed by atoms with van der Waals surface area (Å²) in [5, 5.41) is 17.4. The van der Waals surface area contributed by atoms with E-state index in [1.807, 2.05) is 11.4 Å². The molecule has 0 amide bonds. The van der Waals surface area contributed by atoms with Gasteiger partial charge in [0.2, 0.25) is 0 Å². The molecule has 2 heterocycles. The fourth-order valence-electron chi connectivity index (χ4n) is 1.07. The largest absolute Gasteiger partial charge is 0.386 e. The molecule has 0 spiro atoms. The molecule has 3 nitrogen and oxygen atoms in total. The van der Waals surface area contributed by atoms with E-state index in [1.165, 1.54) is 11.5 Å². The van der Waals surface area contributed by atoms with E-state index in [4.69, 9.17) is 0 Å². The van der Waals surface area contributed by atoms with Gasteiger partial charge in [-0.2, -0.15) is 0 Å². The second kappa shape index (κ2) is 4.48. The molecule has 2 rings (SSSR count). The first-order valence-electron chi connectivity index (χ1n) is 3.93. The van der Waals surface area contributed by atoms with Crippen LogP contribution in [0.5, 0.6) is 0 Å². The minimum atomic E-state index is -0.542. The molecule has 0 bridgehead atoms. The Morgan fingerprint density at radius 3 is 2.93 bits per heavy atom. The minimum absolute atomic E-state index is 0.542. The molecular weight excluding hydrogens is 284 g/mol. The van der Waals surface area contributed by atoms with Gasteiger partial charge in [0.05, 0.1) is 0 Å². The van der Waals surface area contributed by atoms with Gasteiger partial charge in [0, 0.05) is 26.5 Å². The highest BCUT2D eigenvalue weighted by atomic mass is 79.9. The monoisotopic (exact) mass is 290 g/mol. The van der Waals surface area contributed by atoms with E-state index in [0.29, 0.717) is 12.1 Å². The lowest BCUT2D eigenvalue weighted by Crippen LogP contribution is -2.00. The van der Waals surface area contributed by atoms with Crippen LogP contribution >= 0.6 is 38.8 Å². The van der Waals surface area contributed by atoms with Crippen LogP contribution in [-0.2, 0) is 6.42 Å². The highest BCUT2D eigenvalue weighted by Gasteiger charge is 2.12. The molecule has 1 unspecified atom stereocenters. The van der Waals surface area contributed by atoms with Crippen molar-refractivity contribution < 1.29 is 5.11 Å². The molecule has 0 saturated carbocycles. The second-order valence-electron chi connectivity index (χ2n) is 2.78. The summed E-state index contributed by atoms with van der Waals surface area (Å²) in [5.41, 5.74) is 0.652. The Morgan fingerprint density at radius 1 is 1.50 bits per heavy atom. The van der Waals surface area contributed by atoms with E-state index in [1.54, 1.807) is 16.7 Å². The minimum Gasteiger partial charge on any atom is -0.386 e. The Morgan fingerprint density at radius 2 is 2.36 bits per heavy atom. The number of aliphatic hydroxyl groups excluding tert-OH is 1. The predicted octanol–water partition coefficient (Wildman–Crippen LogP) is 2.64. The predicted molar refractivity (Wildman–Crippen MR) is 60.6 cm³/mol. The van der Waals surface area contributed by atoms with E-state index >= 15 is 0 Å². The van der Waals surface area contributed by atoms with Crippen LogP contribution in [0.4, 0.5) is 0 Å². The third-order valence-electron chi connectivity index (χ3n) is 1.73. The van der Waals surface area contributed by atoms with Crippen molar-refractivity contribution in [2.75, 3.05) is 0 Å². The third kappa shape index (κ3) is 2.38. The molecule has 0 radical (unpaired) electrons. The van der Waals surface area contributed by atoms with Crippen LogP contribution < -0.4 is 0 Å². The first-order valence-corrected chi connectivity index (χ1v) is 6.44. The Kier molecular flexibility index (Phi) is 3.27. The zero-order valence-electron chi connectivity index (χ0n) is 7.05. The van der Waals surface area contributed by atoms with Crippen molar-refractivity contribution in [1.29, 1.82) is 0 Å². The first kappa shape index (κ1) is 10.2. The highest BCUT2D eigenvalue weighted by Crippen LogP contribution is 2.24. The maximum absolute atomic E-state index is 9.77. The van der Waals surface area contributed by atoms with Crippen LogP contribution in [0.1, 0.15) is 16.7 Å². The van der Waals surface area contributed by atoms with Crippen LogP contribution in [0.2, 0.25) is 0 Å². The summed E-state index contributed by atoms with van der Waals surface area (Å²) in [6.45, 7) is 0. The molecule has 0 aliphatic carbocycles. The Balaban J connectivity index is 2.05. The van der Waals surface area contributed by atoms with Crippen molar-refractivity contribution in [2.24, 2.45) is 0 Å². The number of halogens is 1. The van der Waals surface area contributed by atoms with Gasteiger partial charge in [0.1, 0.15) is 11.8 Å². The zero-order valence-corrected chi connectivity index (χ0v) is 10.3. The molecule has 74 valence electrons. The van der Waals surface area contributed by atoms with Crippen molar-refractivity contribution in [3.63, 3.8) is 0 Å². The number of aliphatic hydroxyl groups is 1. The number of nitrogens with zero attached hydrogens (tertiary/aromatic N) is 2. The van der Waals surface area contributed by atoms with Gasteiger partial charge in [-0.25, -0.2) is 0 Å². The molecule has 6 heteroatoms. The molecule has 0 aliphatic rings. The number of thiophene rings is 1. The summed E-state index contributed by atoms with van der Waals surface area (Å²) < 4.78 is 4.77. The lowest BCUT2D eigenvalue weighted by Gasteiger charge is -2.03. The van der Waals surface area contributed by atoms with Gasteiger partial charge < -0.3 is 5.11 Å². The van der Waals surface area contributed by atoms with E-state index in [2.05, 4.69) is 25.5 Å². The highest BCUT2D eigenvalue weighted by molar-refractivity contribution is 9.10. The molecule has 0 saturated heterocycles. The van der Waals surface area contributed by atoms with Crippen LogP contribution in [0.15, 0.2) is 21.3 Å². The molecule has 1 atom stereocenters. The van der Waals surface area contributed by atoms with E-state index < -0.39 is 6.10 Å². The number of hydrogen-bond acceptors (Lipinski definition) is 5. The molecule has 2 aromatic rings. The molecule has 0 fully saturated rings. The second-order valence-corrected chi connectivity index (χ2v) is 5.30. The van der Waals surface area contributed by atoms with E-state index in [-0.39, 0.29) is 0 Å². The average molecular weight is 291 g/mol. The molecule has 1 N–H and O–H groups in total. The normalized spacial score (nSPS) is 13.0. The van der Waals surface area contributed by atoms with E-state index in [9.17, 15) is 5.11 Å². The summed E-state index contributed by atoms with van der Waals surface area (Å²) in [5.74, 6) is 0. The fraction of sp³-hybridized carbons (Fsp3) is 0.250. The summed E-state index contributed by atoms with van der Waals surface area (Å²) in [4.78, 5) is 1.14. The Labute approximate surface area is 97.7 Å². The van der Waals surface area contributed by atoms with Gasteiger partial charge in [-0.1, -0.05) is 4.49 Å². The number of hydrogen-bond donors (Lipinski definition) is 1. The van der Waals surface area contributed by atoms with Crippen molar-refractivity contribution in [3.8, 4) is 0 Å². The average Bonchev–Trinajstić information content (AvgIpc) is 2.75. The van der Waals surface area contributed by atoms with E-state index in [0.717, 1.165) is 9.35 Å². The number of aromatic nitrogens is 2. The van der Waals surface area contributed by atoms with Crippen LogP contribution in [0.25, 0.3) is 0 Å². The van der Waals surface area contributed by atoms with Gasteiger partial charge in [0.15, 0.2) is 0 Å². The third-order valence-corrected chi connectivity index (χ3v) is 3.98. The standard InChI is InChI=1S/C8H7BrN2OS2/c9-5-1-6(13-3-5)2-8(12)7-4-14-11-10-7/h1,3-4,8,12H,2H2. The van der Waals surface area contributed by atoms with Crippen LogP contribution in [0, 0.1) is 0 Å². The lowest BCUT2D eigenvalue weighted by atomic mass is 10.2. The fourth-order valence-corrected chi connectivity index (χ4v) is 3.06. The van der Waals surface area contributed by atoms with Crippen molar-refractivity contribution >= 4 is 38.8 Å². The van der Waals surface area contributed by atoms with Gasteiger partial charge >= 0.3 is 0 Å². The number of rotatable bonds is 3. The van der Waals surface area contributed by atoms with Crippen LogP contribution in [-0.4, -0.2) is 14.7 Å². The maximum Gasteiger partial charge on any atom is 0.104 e. The quantitative estimate of drug-likeness (QED) is 0.945. The molecule has 0 aromatic carbocycles. The van der Waals surface area contributed by atoms with Gasteiger partial charge in [-0.3, -0.25) is 0 Å². The summed E-state index contributed by atoms with van der Waals surface area (Å²) in [6.07, 6.45) is 0.0566. The van der Waals surface area contributed by atoms with Crippen LogP contribution in [0.3, 0.4) is 0 Å². The lowest BCUT2D eigenvalue weighted by molar-refractivity contribution is 0.174. The van der Waals surface area contributed by atoms with Crippen molar-refractivity contribution in [1.82, 2.24) is 9.59 Å². The zero-order chi connectivity index (χ0) is 9.97. The molecule has 2 aromatic heterocycles. The SMILES string of the molecule is OC(Cc1cc(Br)cs1)c1csnn1. The Bertz CT molecular complexity index is 401. The Hall–Kier alpha value is -0.300. The van der Waals surface area contributed by atoms with Gasteiger partial charge in [0.25, 0.3) is 0 Å². The van der Waals surface area contributed by atoms with Crippen molar-refractivity contribution in [3.05, 3.63) is 31.9 Å². The summed E-state index contributed by atoms with van der Waals surface area (Å²) in [6, 6.07) is 2.01. The topological polar surface area (TPSA) is 46.0 Å². The van der Waals surface area contributed by atoms with Crippen molar-refractivity contribution in [2.45, 2.75) is 12.5 Å². The summed E-state index contributed by atoms with van der Waals surface area (Å²) in [7, 11) is 0. The maximum atomic E-state index is 9.77. The summed E-state index contributed by atoms with van der Waals surface area (Å²) >= 11 is 6.25. The van der Waals surface area contributed by atoms with Gasteiger partial charge in [-0.15, -0.1) is 16.4 Å². The smallest absolute Gasteiger partial charge is 0.104 e. The first-order chi connectivity index (χ1) is 6.75. The molecular formula is C8H7BrN2OS2. The molecule has 0 aliphatic heterocycles. The molecule has 14 heavy (non-hydrogen) atoms.